The van der Waals surface area contributed by atoms with E-state index in [0.717, 1.165) is 40.9 Å². The van der Waals surface area contributed by atoms with Gasteiger partial charge in [0, 0.05) is 22.0 Å². The van der Waals surface area contributed by atoms with Gasteiger partial charge in [0.15, 0.2) is 0 Å². The van der Waals surface area contributed by atoms with Gasteiger partial charge in [0.1, 0.15) is 5.01 Å². The predicted octanol–water partition coefficient (Wildman–Crippen LogP) is 5.49. The van der Waals surface area contributed by atoms with E-state index in [1.807, 2.05) is 46.7 Å². The summed E-state index contributed by atoms with van der Waals surface area (Å²) in [4.78, 5) is 20.0. The Morgan fingerprint density at radius 3 is 2.76 bits per heavy atom. The second-order valence-corrected chi connectivity index (χ2v) is 8.30. The van der Waals surface area contributed by atoms with E-state index < -0.39 is 0 Å². The van der Waals surface area contributed by atoms with Crippen molar-refractivity contribution in [1.29, 1.82) is 0 Å². The standard InChI is InChI=1S/C20H16N2OS2/c23-20(14-12-24-17-9-3-1-6-13(14)17)22-11-5-8-16(22)19-21-15-7-2-4-10-18(15)25-19/h1-4,6-7,9-10,12,16H,5,8,11H2. The topological polar surface area (TPSA) is 33.2 Å². The van der Waals surface area contributed by atoms with Gasteiger partial charge >= 0.3 is 0 Å². The van der Waals surface area contributed by atoms with Gasteiger partial charge in [0.05, 0.1) is 21.8 Å². The number of benzene rings is 2. The molecular weight excluding hydrogens is 348 g/mol. The molecule has 0 saturated carbocycles. The summed E-state index contributed by atoms with van der Waals surface area (Å²) in [6, 6.07) is 16.4. The Morgan fingerprint density at radius 2 is 1.88 bits per heavy atom. The van der Waals surface area contributed by atoms with Gasteiger partial charge in [0.2, 0.25) is 0 Å². The van der Waals surface area contributed by atoms with Crippen LogP contribution in [0.5, 0.6) is 0 Å². The Hall–Kier alpha value is -2.24. The minimum atomic E-state index is 0.101. The molecule has 124 valence electrons. The van der Waals surface area contributed by atoms with Crippen molar-refractivity contribution in [1.82, 2.24) is 9.88 Å². The van der Waals surface area contributed by atoms with Crippen molar-refractivity contribution in [2.45, 2.75) is 18.9 Å². The van der Waals surface area contributed by atoms with E-state index in [0.29, 0.717) is 0 Å². The minimum Gasteiger partial charge on any atom is -0.329 e. The van der Waals surface area contributed by atoms with E-state index in [4.69, 9.17) is 4.98 Å². The van der Waals surface area contributed by atoms with Crippen LogP contribution in [0.4, 0.5) is 0 Å². The number of hydrogen-bond donors (Lipinski definition) is 0. The van der Waals surface area contributed by atoms with Crippen LogP contribution < -0.4 is 0 Å². The predicted molar refractivity (Wildman–Crippen MR) is 104 cm³/mol. The fourth-order valence-corrected chi connectivity index (χ4v) is 5.65. The van der Waals surface area contributed by atoms with Gasteiger partial charge in [-0.15, -0.1) is 22.7 Å². The normalized spacial score (nSPS) is 17.6. The molecule has 1 aliphatic rings. The molecule has 0 N–H and O–H groups in total. The lowest BCUT2D eigenvalue weighted by Gasteiger charge is -2.22. The molecule has 1 atom stereocenters. The summed E-state index contributed by atoms with van der Waals surface area (Å²) in [6.45, 7) is 0.809. The van der Waals surface area contributed by atoms with Crippen LogP contribution in [0.2, 0.25) is 0 Å². The first kappa shape index (κ1) is 15.0. The SMILES string of the molecule is O=C(c1csc2ccccc12)N1CCCC1c1nc2ccccc2s1. The molecular formula is C20H16N2OS2. The van der Waals surface area contributed by atoms with Gasteiger partial charge in [-0.2, -0.15) is 0 Å². The quantitative estimate of drug-likeness (QED) is 0.471. The zero-order chi connectivity index (χ0) is 16.8. The van der Waals surface area contributed by atoms with Gasteiger partial charge in [-0.3, -0.25) is 4.79 Å². The highest BCUT2D eigenvalue weighted by Gasteiger charge is 2.33. The van der Waals surface area contributed by atoms with Gasteiger partial charge in [-0.05, 0) is 31.0 Å². The summed E-state index contributed by atoms with van der Waals surface area (Å²) >= 11 is 3.36. The molecule has 3 heterocycles. The Labute approximate surface area is 153 Å². The molecule has 25 heavy (non-hydrogen) atoms. The number of thiophene rings is 1. The Bertz CT molecular complexity index is 1050. The van der Waals surface area contributed by atoms with Crippen molar-refractivity contribution in [2.75, 3.05) is 6.54 Å². The molecule has 1 amide bonds. The Kier molecular flexibility index (Phi) is 3.57. The Balaban J connectivity index is 1.53. The molecule has 0 radical (unpaired) electrons. The molecule has 4 aromatic rings. The smallest absolute Gasteiger partial charge is 0.255 e. The summed E-state index contributed by atoms with van der Waals surface area (Å²) in [5.74, 6) is 0.138. The van der Waals surface area contributed by atoms with Crippen molar-refractivity contribution in [3.63, 3.8) is 0 Å². The van der Waals surface area contributed by atoms with E-state index in [2.05, 4.69) is 12.1 Å². The number of aromatic nitrogens is 1. The second kappa shape index (κ2) is 5.93. The third-order valence-corrected chi connectivity index (χ3v) is 6.92. The summed E-state index contributed by atoms with van der Waals surface area (Å²) in [6.07, 6.45) is 2.03. The van der Waals surface area contributed by atoms with E-state index in [1.165, 1.54) is 9.40 Å². The highest BCUT2D eigenvalue weighted by atomic mass is 32.1. The number of likely N-dealkylation sites (tertiary alicyclic amines) is 1. The average molecular weight is 364 g/mol. The zero-order valence-electron chi connectivity index (χ0n) is 13.5. The van der Waals surface area contributed by atoms with Crippen molar-refractivity contribution in [3.8, 4) is 0 Å². The van der Waals surface area contributed by atoms with E-state index >= 15 is 0 Å². The summed E-state index contributed by atoms with van der Waals surface area (Å²) in [5.41, 5.74) is 1.86. The number of para-hydroxylation sites is 1. The maximum Gasteiger partial charge on any atom is 0.255 e. The molecule has 0 spiro atoms. The molecule has 0 bridgehead atoms. The van der Waals surface area contributed by atoms with E-state index in [1.54, 1.807) is 22.7 Å². The van der Waals surface area contributed by atoms with E-state index in [9.17, 15) is 4.79 Å². The van der Waals surface area contributed by atoms with Crippen molar-refractivity contribution in [2.24, 2.45) is 0 Å². The maximum atomic E-state index is 13.2. The minimum absolute atomic E-state index is 0.101. The zero-order valence-corrected chi connectivity index (χ0v) is 15.1. The van der Waals surface area contributed by atoms with Crippen molar-refractivity contribution >= 4 is 48.9 Å². The summed E-state index contributed by atoms with van der Waals surface area (Å²) in [5, 5.41) is 4.12. The molecule has 3 nitrogen and oxygen atoms in total. The first-order chi connectivity index (χ1) is 12.3. The molecule has 0 aliphatic carbocycles. The number of carbonyl (C=O) groups is 1. The molecule has 1 unspecified atom stereocenters. The fourth-order valence-electron chi connectivity index (χ4n) is 3.60. The van der Waals surface area contributed by atoms with Crippen LogP contribution in [0.15, 0.2) is 53.9 Å². The lowest BCUT2D eigenvalue weighted by molar-refractivity contribution is 0.0738. The van der Waals surface area contributed by atoms with E-state index in [-0.39, 0.29) is 11.9 Å². The van der Waals surface area contributed by atoms with Gasteiger partial charge in [-0.1, -0.05) is 30.3 Å². The third-order valence-electron chi connectivity index (χ3n) is 4.82. The number of nitrogens with zero attached hydrogens (tertiary/aromatic N) is 2. The Morgan fingerprint density at radius 1 is 1.08 bits per heavy atom. The highest BCUT2D eigenvalue weighted by Crippen LogP contribution is 2.38. The fraction of sp³-hybridized carbons (Fsp3) is 0.200. The van der Waals surface area contributed by atoms with Crippen LogP contribution in [0.1, 0.15) is 34.2 Å². The summed E-state index contributed by atoms with van der Waals surface area (Å²) < 4.78 is 2.36. The highest BCUT2D eigenvalue weighted by molar-refractivity contribution is 7.18. The van der Waals surface area contributed by atoms with Crippen LogP contribution in [0.25, 0.3) is 20.3 Å². The molecule has 5 rings (SSSR count). The lowest BCUT2D eigenvalue weighted by Crippen LogP contribution is -2.30. The van der Waals surface area contributed by atoms with Crippen LogP contribution >= 0.6 is 22.7 Å². The van der Waals surface area contributed by atoms with Gasteiger partial charge < -0.3 is 4.90 Å². The first-order valence-corrected chi connectivity index (χ1v) is 10.1. The largest absolute Gasteiger partial charge is 0.329 e. The van der Waals surface area contributed by atoms with Crippen molar-refractivity contribution in [3.05, 3.63) is 64.5 Å². The average Bonchev–Trinajstić information content (AvgIpc) is 3.37. The monoisotopic (exact) mass is 364 g/mol. The number of thiazole rings is 1. The molecule has 1 saturated heterocycles. The third kappa shape index (κ3) is 2.46. The van der Waals surface area contributed by atoms with Gasteiger partial charge in [-0.25, -0.2) is 4.98 Å². The number of rotatable bonds is 2. The number of carbonyl (C=O) groups excluding carboxylic acids is 1. The second-order valence-electron chi connectivity index (χ2n) is 6.32. The number of amides is 1. The lowest BCUT2D eigenvalue weighted by atomic mass is 10.1. The first-order valence-electron chi connectivity index (χ1n) is 8.44. The van der Waals surface area contributed by atoms with Crippen LogP contribution in [0, 0.1) is 0 Å². The maximum absolute atomic E-state index is 13.2. The molecule has 1 aliphatic heterocycles. The van der Waals surface area contributed by atoms with Crippen LogP contribution in [-0.2, 0) is 0 Å². The summed E-state index contributed by atoms with van der Waals surface area (Å²) in [7, 11) is 0. The van der Waals surface area contributed by atoms with Crippen molar-refractivity contribution < 1.29 is 4.79 Å². The van der Waals surface area contributed by atoms with Crippen LogP contribution in [0.3, 0.4) is 0 Å². The molecule has 2 aromatic carbocycles. The van der Waals surface area contributed by atoms with Crippen LogP contribution in [-0.4, -0.2) is 22.3 Å². The number of fused-ring (bicyclic) bond motifs is 2. The molecule has 5 heteroatoms. The molecule has 2 aromatic heterocycles. The van der Waals surface area contributed by atoms with Gasteiger partial charge in [0.25, 0.3) is 5.91 Å². The molecule has 1 fully saturated rings. The number of hydrogen-bond acceptors (Lipinski definition) is 4.